The number of hydrogen-bond donors (Lipinski definition) is 3. The fourth-order valence-electron chi connectivity index (χ4n) is 5.84. The number of ketones is 1. The molecule has 208 valence electrons. The third-order valence-electron chi connectivity index (χ3n) is 7.86. The largest absolute Gasteiger partial charge is 0.481 e. The molecule has 37 heavy (non-hydrogen) atoms. The number of aliphatic carboxylic acids is 1. The van der Waals surface area contributed by atoms with E-state index in [-0.39, 0.29) is 37.1 Å². The molecule has 3 N–H and O–H groups in total. The van der Waals surface area contributed by atoms with Gasteiger partial charge in [0.1, 0.15) is 12.7 Å². The third-order valence-corrected chi connectivity index (χ3v) is 7.86. The number of esters is 2. The lowest BCUT2D eigenvalue weighted by atomic mass is 9.67. The van der Waals surface area contributed by atoms with Gasteiger partial charge in [0.2, 0.25) is 0 Å². The Morgan fingerprint density at radius 3 is 2.32 bits per heavy atom. The van der Waals surface area contributed by atoms with Crippen LogP contribution >= 0.6 is 0 Å². The highest BCUT2D eigenvalue weighted by Gasteiger charge is 2.54. The van der Waals surface area contributed by atoms with E-state index >= 15 is 0 Å². The molecule has 9 heteroatoms. The Morgan fingerprint density at radius 2 is 1.76 bits per heavy atom. The highest BCUT2D eigenvalue weighted by atomic mass is 16.5. The van der Waals surface area contributed by atoms with Crippen LogP contribution < -0.4 is 0 Å². The van der Waals surface area contributed by atoms with Crippen molar-refractivity contribution in [1.29, 1.82) is 0 Å². The lowest BCUT2D eigenvalue weighted by Gasteiger charge is -2.42. The number of fused-ring (bicyclic) bond motifs is 1. The van der Waals surface area contributed by atoms with Crippen LogP contribution in [0.1, 0.15) is 86.0 Å². The number of carboxylic acid groups (broad SMARTS) is 1. The molecule has 5 unspecified atom stereocenters. The van der Waals surface area contributed by atoms with Gasteiger partial charge in [0.15, 0.2) is 5.78 Å². The van der Waals surface area contributed by atoms with Gasteiger partial charge in [0, 0.05) is 18.8 Å². The molecule has 0 amide bonds. The van der Waals surface area contributed by atoms with Gasteiger partial charge in [-0.1, -0.05) is 13.5 Å². The summed E-state index contributed by atoms with van der Waals surface area (Å²) in [7, 11) is 0. The van der Waals surface area contributed by atoms with E-state index in [0.717, 1.165) is 6.42 Å². The van der Waals surface area contributed by atoms with E-state index in [9.17, 15) is 29.4 Å². The Labute approximate surface area is 218 Å². The van der Waals surface area contributed by atoms with Crippen molar-refractivity contribution in [1.82, 2.24) is 0 Å². The summed E-state index contributed by atoms with van der Waals surface area (Å²) in [6, 6.07) is 0. The molecule has 0 aromatic carbocycles. The highest BCUT2D eigenvalue weighted by molar-refractivity contribution is 5.94. The Balaban J connectivity index is 2.40. The molecule has 9 nitrogen and oxygen atoms in total. The molecule has 1 fully saturated rings. The molecule has 2 aliphatic carbocycles. The van der Waals surface area contributed by atoms with Gasteiger partial charge < -0.3 is 24.8 Å². The summed E-state index contributed by atoms with van der Waals surface area (Å²) in [5.74, 6) is -2.74. The van der Waals surface area contributed by atoms with Crippen molar-refractivity contribution < 1.29 is 44.0 Å². The van der Waals surface area contributed by atoms with E-state index in [0.29, 0.717) is 30.4 Å². The van der Waals surface area contributed by atoms with Crippen LogP contribution in [0.15, 0.2) is 23.8 Å². The standard InChI is InChI=1S/C28H42O9/c1-17-7-9-21-20(26(3,4)34)11-12-28(21,6)23(37-18(2)29)13-19(8-10-22(17)30)16-36-25(33)15-27(5,35)14-24(31)32/h13,20-21,23,34-35H,1,7-12,14-16H2,2-6H3,(H,31,32). The van der Waals surface area contributed by atoms with Crippen molar-refractivity contribution in [3.63, 3.8) is 0 Å². The fourth-order valence-corrected chi connectivity index (χ4v) is 5.84. The molecule has 5 atom stereocenters. The van der Waals surface area contributed by atoms with Gasteiger partial charge in [0.05, 0.1) is 24.0 Å². The lowest BCUT2D eigenvalue weighted by Crippen LogP contribution is -2.43. The number of ether oxygens (including phenoxy) is 2. The molecule has 0 spiro atoms. The average Bonchev–Trinajstić information content (AvgIpc) is 3.08. The monoisotopic (exact) mass is 522 g/mol. The van der Waals surface area contributed by atoms with Gasteiger partial charge in [-0.2, -0.15) is 0 Å². The normalized spacial score (nSPS) is 28.8. The SMILES string of the molecule is C=C1CCC2C(C(C)(C)O)CCC2(C)C(OC(C)=O)C=C(COC(=O)CC(C)(O)CC(=O)O)CCC1=O. The van der Waals surface area contributed by atoms with Gasteiger partial charge >= 0.3 is 17.9 Å². The second-order valence-electron chi connectivity index (χ2n) is 11.7. The summed E-state index contributed by atoms with van der Waals surface area (Å²) in [5, 5.41) is 30.0. The van der Waals surface area contributed by atoms with E-state index < -0.39 is 53.5 Å². The first-order valence-corrected chi connectivity index (χ1v) is 12.8. The van der Waals surface area contributed by atoms with Crippen LogP contribution in [0.5, 0.6) is 0 Å². The Bertz CT molecular complexity index is 940. The molecule has 2 rings (SSSR count). The summed E-state index contributed by atoms with van der Waals surface area (Å²) >= 11 is 0. The molecule has 0 aliphatic heterocycles. The summed E-state index contributed by atoms with van der Waals surface area (Å²) in [6.45, 7) is 11.9. The zero-order chi connectivity index (χ0) is 28.2. The Kier molecular flexibility index (Phi) is 9.87. The van der Waals surface area contributed by atoms with Crippen molar-refractivity contribution in [3.8, 4) is 0 Å². The minimum absolute atomic E-state index is 0.0642. The zero-order valence-electron chi connectivity index (χ0n) is 22.7. The first kappa shape index (κ1) is 30.7. The van der Waals surface area contributed by atoms with Crippen LogP contribution in [0.4, 0.5) is 0 Å². The molecule has 0 heterocycles. The van der Waals surface area contributed by atoms with Crippen LogP contribution in [0.3, 0.4) is 0 Å². The van der Waals surface area contributed by atoms with Crippen molar-refractivity contribution >= 4 is 23.7 Å². The number of allylic oxidation sites excluding steroid dienone is 1. The average molecular weight is 523 g/mol. The quantitative estimate of drug-likeness (QED) is 0.247. The fraction of sp³-hybridized carbons (Fsp3) is 0.714. The van der Waals surface area contributed by atoms with Gasteiger partial charge in [-0.3, -0.25) is 19.2 Å². The maximum atomic E-state index is 12.8. The minimum atomic E-state index is -1.77. The smallest absolute Gasteiger partial charge is 0.309 e. The topological polar surface area (TPSA) is 147 Å². The number of rotatable bonds is 8. The maximum Gasteiger partial charge on any atom is 0.309 e. The van der Waals surface area contributed by atoms with Gasteiger partial charge in [0.25, 0.3) is 0 Å². The number of carbonyl (C=O) groups excluding carboxylic acids is 3. The second-order valence-corrected chi connectivity index (χ2v) is 11.7. The minimum Gasteiger partial charge on any atom is -0.481 e. The van der Waals surface area contributed by atoms with Crippen molar-refractivity contribution in [2.45, 2.75) is 103 Å². The van der Waals surface area contributed by atoms with Crippen molar-refractivity contribution in [2.24, 2.45) is 17.3 Å². The van der Waals surface area contributed by atoms with Crippen LogP contribution in [-0.2, 0) is 28.7 Å². The zero-order valence-corrected chi connectivity index (χ0v) is 22.7. The van der Waals surface area contributed by atoms with E-state index in [1.807, 2.05) is 6.92 Å². The van der Waals surface area contributed by atoms with Gasteiger partial charge in [-0.05, 0) is 81.9 Å². The van der Waals surface area contributed by atoms with Crippen LogP contribution in [0.25, 0.3) is 0 Å². The van der Waals surface area contributed by atoms with Gasteiger partial charge in [-0.15, -0.1) is 0 Å². The number of carbonyl (C=O) groups is 4. The second kappa shape index (κ2) is 11.9. The van der Waals surface area contributed by atoms with Crippen molar-refractivity contribution in [2.75, 3.05) is 6.61 Å². The van der Waals surface area contributed by atoms with E-state index in [2.05, 4.69) is 6.58 Å². The summed E-state index contributed by atoms with van der Waals surface area (Å²) in [5.41, 5.74) is -2.20. The number of carboxylic acids is 1. The number of aliphatic hydroxyl groups is 2. The predicted octanol–water partition coefficient (Wildman–Crippen LogP) is 3.51. The summed E-state index contributed by atoms with van der Waals surface area (Å²) in [4.78, 5) is 48.2. The molecular weight excluding hydrogens is 480 g/mol. The van der Waals surface area contributed by atoms with E-state index in [4.69, 9.17) is 14.6 Å². The molecular formula is C28H42O9. The number of hydrogen-bond acceptors (Lipinski definition) is 8. The van der Waals surface area contributed by atoms with Crippen LogP contribution in [0.2, 0.25) is 0 Å². The Hall–Kier alpha value is -2.52. The third kappa shape index (κ3) is 8.50. The van der Waals surface area contributed by atoms with Crippen LogP contribution in [-0.4, -0.2) is 62.9 Å². The first-order chi connectivity index (χ1) is 16.9. The number of Topliss-reactive ketones (excluding diaryl/α,β-unsaturated/α-hetero) is 1. The summed E-state index contributed by atoms with van der Waals surface area (Å²) < 4.78 is 11.2. The predicted molar refractivity (Wildman–Crippen MR) is 135 cm³/mol. The molecule has 1 saturated carbocycles. The Morgan fingerprint density at radius 1 is 1.11 bits per heavy atom. The molecule has 0 aromatic rings. The molecule has 2 aliphatic rings. The summed E-state index contributed by atoms with van der Waals surface area (Å²) in [6.07, 6.45) is 2.85. The molecule has 0 bridgehead atoms. The molecule has 0 aromatic heterocycles. The lowest BCUT2D eigenvalue weighted by molar-refractivity contribution is -0.153. The van der Waals surface area contributed by atoms with Crippen LogP contribution in [0, 0.1) is 17.3 Å². The van der Waals surface area contributed by atoms with E-state index in [1.54, 1.807) is 19.9 Å². The molecule has 0 saturated heterocycles. The van der Waals surface area contributed by atoms with E-state index in [1.165, 1.54) is 13.8 Å². The highest BCUT2D eigenvalue weighted by Crippen LogP contribution is 2.56. The molecule has 0 radical (unpaired) electrons. The van der Waals surface area contributed by atoms with Crippen molar-refractivity contribution in [3.05, 3.63) is 23.8 Å². The maximum absolute atomic E-state index is 12.8. The van der Waals surface area contributed by atoms with Gasteiger partial charge in [-0.25, -0.2) is 0 Å². The first-order valence-electron chi connectivity index (χ1n) is 12.8.